The Balaban J connectivity index is 0.00000145. The summed E-state index contributed by atoms with van der Waals surface area (Å²) in [6.45, 7) is 4.91. The molecule has 0 unspecified atom stereocenters. The predicted octanol–water partition coefficient (Wildman–Crippen LogP) is 5.02. The van der Waals surface area contributed by atoms with Crippen LogP contribution in [0.4, 0.5) is 0 Å². The van der Waals surface area contributed by atoms with Gasteiger partial charge in [0.05, 0.1) is 12.8 Å². The molecule has 0 aliphatic heterocycles. The molecule has 1 aromatic heterocycles. The smallest absolute Gasteiger partial charge is 0.305 e. The van der Waals surface area contributed by atoms with E-state index in [1.54, 1.807) is 0 Å². The summed E-state index contributed by atoms with van der Waals surface area (Å²) >= 11 is 0. The molecule has 0 bridgehead atoms. The lowest BCUT2D eigenvalue weighted by Crippen LogP contribution is -2.11. The van der Waals surface area contributed by atoms with Crippen LogP contribution in [0.2, 0.25) is 0 Å². The van der Waals surface area contributed by atoms with E-state index in [9.17, 15) is 4.79 Å². The maximum absolute atomic E-state index is 11.4. The zero-order valence-corrected chi connectivity index (χ0v) is 18.2. The zero-order valence-electron chi connectivity index (χ0n) is 18.2. The topological polar surface area (TPSA) is 42.4 Å². The SMILES string of the molecule is CC.COC(=O)CCc1cccc(Cc2nccc3c(CN(C)C)cccc23)c1. The van der Waals surface area contributed by atoms with Gasteiger partial charge in [-0.1, -0.05) is 56.3 Å². The number of hydrogen-bond donors (Lipinski definition) is 0. The first-order chi connectivity index (χ1) is 14.1. The molecule has 0 amide bonds. The molecule has 4 nitrogen and oxygen atoms in total. The van der Waals surface area contributed by atoms with Crippen LogP contribution in [0.25, 0.3) is 10.8 Å². The Morgan fingerprint density at radius 2 is 1.72 bits per heavy atom. The molecule has 0 fully saturated rings. The minimum absolute atomic E-state index is 0.176. The third-order valence-electron chi connectivity index (χ3n) is 4.67. The van der Waals surface area contributed by atoms with Crippen molar-refractivity contribution in [2.75, 3.05) is 21.2 Å². The third kappa shape index (κ3) is 6.40. The highest BCUT2D eigenvalue weighted by Gasteiger charge is 2.09. The van der Waals surface area contributed by atoms with Crippen LogP contribution in [-0.4, -0.2) is 37.1 Å². The Morgan fingerprint density at radius 1 is 1.00 bits per heavy atom. The van der Waals surface area contributed by atoms with Gasteiger partial charge in [0, 0.05) is 31.0 Å². The number of hydrogen-bond acceptors (Lipinski definition) is 4. The molecule has 154 valence electrons. The molecule has 1 heterocycles. The van der Waals surface area contributed by atoms with Crippen molar-refractivity contribution in [2.45, 2.75) is 39.7 Å². The fourth-order valence-corrected chi connectivity index (χ4v) is 3.39. The number of ether oxygens (including phenoxy) is 1. The first-order valence-electron chi connectivity index (χ1n) is 10.2. The molecule has 0 spiro atoms. The van der Waals surface area contributed by atoms with Gasteiger partial charge in [-0.25, -0.2) is 0 Å². The minimum atomic E-state index is -0.176. The maximum Gasteiger partial charge on any atom is 0.305 e. The van der Waals surface area contributed by atoms with Crippen LogP contribution in [0.5, 0.6) is 0 Å². The normalized spacial score (nSPS) is 10.6. The average Bonchev–Trinajstić information content (AvgIpc) is 2.74. The number of nitrogens with zero attached hydrogens (tertiary/aromatic N) is 2. The molecule has 0 aliphatic carbocycles. The highest BCUT2D eigenvalue weighted by atomic mass is 16.5. The number of pyridine rings is 1. The minimum Gasteiger partial charge on any atom is -0.469 e. The number of aromatic nitrogens is 1. The van der Waals surface area contributed by atoms with Crippen molar-refractivity contribution >= 4 is 16.7 Å². The molecule has 0 aliphatic rings. The van der Waals surface area contributed by atoms with Crippen LogP contribution in [-0.2, 0) is 28.9 Å². The second-order valence-electron chi connectivity index (χ2n) is 7.08. The standard InChI is InChI=1S/C23H26N2O2.C2H6/c1-25(2)16-19-8-5-9-21-20(19)12-13-24-22(21)15-18-7-4-6-17(14-18)10-11-23(26)27-3;1-2/h4-9,12-14H,10-11,15-16H2,1-3H3;1-2H3. The van der Waals surface area contributed by atoms with Crippen LogP contribution in [0.1, 0.15) is 42.7 Å². The molecule has 0 saturated carbocycles. The first-order valence-corrected chi connectivity index (χ1v) is 10.2. The van der Waals surface area contributed by atoms with Gasteiger partial charge in [-0.2, -0.15) is 0 Å². The van der Waals surface area contributed by atoms with Gasteiger partial charge in [0.2, 0.25) is 0 Å². The van der Waals surface area contributed by atoms with Gasteiger partial charge < -0.3 is 9.64 Å². The van der Waals surface area contributed by atoms with Gasteiger partial charge in [0.1, 0.15) is 0 Å². The molecule has 29 heavy (non-hydrogen) atoms. The number of esters is 1. The number of fused-ring (bicyclic) bond motifs is 1. The summed E-state index contributed by atoms with van der Waals surface area (Å²) in [6.07, 6.45) is 3.77. The van der Waals surface area contributed by atoms with E-state index < -0.39 is 0 Å². The van der Waals surface area contributed by atoms with E-state index in [4.69, 9.17) is 4.74 Å². The Morgan fingerprint density at radius 3 is 2.45 bits per heavy atom. The molecule has 0 radical (unpaired) electrons. The summed E-state index contributed by atoms with van der Waals surface area (Å²) < 4.78 is 4.73. The van der Waals surface area contributed by atoms with Gasteiger partial charge in [-0.05, 0) is 48.7 Å². The Labute approximate surface area is 174 Å². The fourth-order valence-electron chi connectivity index (χ4n) is 3.39. The van der Waals surface area contributed by atoms with Gasteiger partial charge in [-0.15, -0.1) is 0 Å². The maximum atomic E-state index is 11.4. The summed E-state index contributed by atoms with van der Waals surface area (Å²) in [6, 6.07) is 16.9. The van der Waals surface area contributed by atoms with Gasteiger partial charge >= 0.3 is 5.97 Å². The lowest BCUT2D eigenvalue weighted by atomic mass is 9.98. The van der Waals surface area contributed by atoms with Crippen LogP contribution < -0.4 is 0 Å². The summed E-state index contributed by atoms with van der Waals surface area (Å²) in [5.74, 6) is -0.176. The van der Waals surface area contributed by atoms with Gasteiger partial charge in [0.15, 0.2) is 0 Å². The Hall–Kier alpha value is -2.72. The molecule has 3 rings (SSSR count). The van der Waals surface area contributed by atoms with Crippen LogP contribution in [0, 0.1) is 0 Å². The van der Waals surface area contributed by atoms with E-state index in [0.717, 1.165) is 24.2 Å². The largest absolute Gasteiger partial charge is 0.469 e. The van der Waals surface area contributed by atoms with Crippen molar-refractivity contribution < 1.29 is 9.53 Å². The monoisotopic (exact) mass is 392 g/mol. The second kappa shape index (κ2) is 11.3. The van der Waals surface area contributed by atoms with Gasteiger partial charge in [0.25, 0.3) is 0 Å². The molecule has 4 heteroatoms. The molecule has 0 saturated heterocycles. The highest BCUT2D eigenvalue weighted by Crippen LogP contribution is 2.24. The summed E-state index contributed by atoms with van der Waals surface area (Å²) in [5.41, 5.74) is 4.74. The van der Waals surface area contributed by atoms with E-state index in [1.165, 1.54) is 29.0 Å². The van der Waals surface area contributed by atoms with Crippen molar-refractivity contribution in [1.29, 1.82) is 0 Å². The van der Waals surface area contributed by atoms with Crippen LogP contribution in [0.3, 0.4) is 0 Å². The fraction of sp³-hybridized carbons (Fsp3) is 0.360. The van der Waals surface area contributed by atoms with Crippen LogP contribution >= 0.6 is 0 Å². The number of benzene rings is 2. The van der Waals surface area contributed by atoms with Crippen molar-refractivity contribution in [3.8, 4) is 0 Å². The number of aryl methyl sites for hydroxylation is 1. The summed E-state index contributed by atoms with van der Waals surface area (Å²) in [7, 11) is 5.59. The van der Waals surface area contributed by atoms with Crippen molar-refractivity contribution in [3.63, 3.8) is 0 Å². The lowest BCUT2D eigenvalue weighted by molar-refractivity contribution is -0.140. The molecule has 0 N–H and O–H groups in total. The quantitative estimate of drug-likeness (QED) is 0.530. The molecule has 2 aromatic carbocycles. The highest BCUT2D eigenvalue weighted by molar-refractivity contribution is 5.87. The molecular weight excluding hydrogens is 360 g/mol. The molecular formula is C25H32N2O2. The average molecular weight is 393 g/mol. The Bertz CT molecular complexity index is 935. The first kappa shape index (κ1) is 22.6. The van der Waals surface area contributed by atoms with Crippen LogP contribution in [0.15, 0.2) is 54.7 Å². The number of carbonyl (C=O) groups is 1. The Kier molecular flexibility index (Phi) is 8.81. The predicted molar refractivity (Wildman–Crippen MR) is 120 cm³/mol. The van der Waals surface area contributed by atoms with E-state index >= 15 is 0 Å². The van der Waals surface area contributed by atoms with Crippen molar-refractivity contribution in [2.24, 2.45) is 0 Å². The van der Waals surface area contributed by atoms with E-state index in [1.807, 2.05) is 26.1 Å². The molecule has 0 atom stereocenters. The van der Waals surface area contributed by atoms with E-state index in [-0.39, 0.29) is 5.97 Å². The second-order valence-corrected chi connectivity index (χ2v) is 7.08. The number of methoxy groups -OCH3 is 1. The van der Waals surface area contributed by atoms with Crippen molar-refractivity contribution in [3.05, 3.63) is 77.1 Å². The number of rotatable bonds is 7. The summed E-state index contributed by atoms with van der Waals surface area (Å²) in [4.78, 5) is 18.2. The molecule has 3 aromatic rings. The van der Waals surface area contributed by atoms with E-state index in [0.29, 0.717) is 12.8 Å². The van der Waals surface area contributed by atoms with Gasteiger partial charge in [-0.3, -0.25) is 9.78 Å². The summed E-state index contributed by atoms with van der Waals surface area (Å²) in [5, 5.41) is 2.47. The number of carbonyl (C=O) groups excluding carboxylic acids is 1. The van der Waals surface area contributed by atoms with E-state index in [2.05, 4.69) is 66.4 Å². The third-order valence-corrected chi connectivity index (χ3v) is 4.67. The zero-order chi connectivity index (χ0) is 21.2. The lowest BCUT2D eigenvalue weighted by Gasteiger charge is -2.14. The van der Waals surface area contributed by atoms with Crippen molar-refractivity contribution in [1.82, 2.24) is 9.88 Å².